The fraction of sp³-hybridized carbons (Fsp3) is 0.375. The zero-order valence-corrected chi connectivity index (χ0v) is 18.8. The Hall–Kier alpha value is -3.34. The number of pyridine rings is 1. The summed E-state index contributed by atoms with van der Waals surface area (Å²) < 4.78 is 34.6. The van der Waals surface area contributed by atoms with Crippen molar-refractivity contribution in [2.24, 2.45) is 0 Å². The van der Waals surface area contributed by atoms with Crippen LogP contribution in [0.2, 0.25) is 0 Å². The number of ether oxygens (including phenoxy) is 3. The lowest BCUT2D eigenvalue weighted by Gasteiger charge is -2.25. The van der Waals surface area contributed by atoms with Crippen molar-refractivity contribution in [3.8, 4) is 0 Å². The monoisotopic (exact) mass is 464 g/mol. The second kappa shape index (κ2) is 7.59. The van der Waals surface area contributed by atoms with Gasteiger partial charge in [-0.15, -0.1) is 0 Å². The number of fused-ring (bicyclic) bond motifs is 3. The van der Waals surface area contributed by atoms with E-state index < -0.39 is 17.8 Å². The maximum Gasteiger partial charge on any atom is 0.165 e. The maximum absolute atomic E-state index is 13.7. The van der Waals surface area contributed by atoms with Crippen molar-refractivity contribution in [2.75, 3.05) is 11.5 Å². The zero-order valence-electron chi connectivity index (χ0n) is 18.8. The molecular weight excluding hydrogens is 439 g/mol. The highest BCUT2D eigenvalue weighted by Crippen LogP contribution is 2.45. The molecule has 1 aromatic carbocycles. The first-order valence-electron chi connectivity index (χ1n) is 11.2. The molecule has 2 aliphatic heterocycles. The van der Waals surface area contributed by atoms with Crippen molar-refractivity contribution >= 4 is 33.6 Å². The molecule has 2 saturated heterocycles. The van der Waals surface area contributed by atoms with Gasteiger partial charge >= 0.3 is 0 Å². The van der Waals surface area contributed by atoms with E-state index >= 15 is 0 Å². The number of anilines is 2. The second-order valence-corrected chi connectivity index (χ2v) is 9.27. The lowest BCUT2D eigenvalue weighted by molar-refractivity contribution is -0.196. The van der Waals surface area contributed by atoms with Gasteiger partial charge in [-0.25, -0.2) is 19.3 Å². The Morgan fingerprint density at radius 2 is 1.88 bits per heavy atom. The highest BCUT2D eigenvalue weighted by Gasteiger charge is 2.55. The summed E-state index contributed by atoms with van der Waals surface area (Å²) in [6.45, 7) is 3.82. The Kier molecular flexibility index (Phi) is 4.73. The smallest absolute Gasteiger partial charge is 0.165 e. The Labute approximate surface area is 194 Å². The molecule has 4 aromatic rings. The first-order chi connectivity index (χ1) is 16.3. The van der Waals surface area contributed by atoms with E-state index in [1.54, 1.807) is 0 Å². The largest absolute Gasteiger partial charge is 0.383 e. The van der Waals surface area contributed by atoms with E-state index in [-0.39, 0.29) is 24.1 Å². The standard InChI is InChI=1S/C24H25FN6O3/c1-24(2)33-18-17(6-4-12-3-5-13-10-15(25)21(27)30-16(13)9-12)32-23(19(18)34-24)31-8-7-14-20(26)28-11-29-22(14)31/h3,5,7-11,17-19,23H,4,6H2,1-2H3,(H2,27,30)(H2,26,28,29)/t17-,18-,19-,23?/m1/s1. The molecule has 2 fully saturated rings. The highest BCUT2D eigenvalue weighted by molar-refractivity contribution is 5.86. The van der Waals surface area contributed by atoms with Crippen LogP contribution in [0.3, 0.4) is 0 Å². The predicted molar refractivity (Wildman–Crippen MR) is 124 cm³/mol. The quantitative estimate of drug-likeness (QED) is 0.471. The van der Waals surface area contributed by atoms with E-state index in [1.807, 2.05) is 48.9 Å². The molecule has 0 aliphatic carbocycles. The van der Waals surface area contributed by atoms with Crippen molar-refractivity contribution in [1.29, 1.82) is 0 Å². The Morgan fingerprint density at radius 3 is 2.74 bits per heavy atom. The summed E-state index contributed by atoms with van der Waals surface area (Å²) in [5, 5.41) is 1.48. The van der Waals surface area contributed by atoms with Gasteiger partial charge in [-0.1, -0.05) is 12.1 Å². The highest BCUT2D eigenvalue weighted by atomic mass is 19.1. The molecule has 34 heavy (non-hydrogen) atoms. The lowest BCUT2D eigenvalue weighted by Crippen LogP contribution is -2.29. The summed E-state index contributed by atoms with van der Waals surface area (Å²) in [7, 11) is 0. The summed E-state index contributed by atoms with van der Waals surface area (Å²) in [5.41, 5.74) is 14.1. The van der Waals surface area contributed by atoms with Gasteiger partial charge in [-0.05, 0) is 50.5 Å². The summed E-state index contributed by atoms with van der Waals surface area (Å²) in [5.74, 6) is -0.913. The average Bonchev–Trinajstić information content (AvgIpc) is 3.45. The van der Waals surface area contributed by atoms with Gasteiger partial charge < -0.3 is 30.2 Å². The number of hydrogen-bond acceptors (Lipinski definition) is 8. The maximum atomic E-state index is 13.7. The third kappa shape index (κ3) is 3.46. The van der Waals surface area contributed by atoms with Crippen molar-refractivity contribution in [3.05, 3.63) is 54.2 Å². The van der Waals surface area contributed by atoms with Crippen LogP contribution < -0.4 is 11.5 Å². The molecule has 0 bridgehead atoms. The van der Waals surface area contributed by atoms with Crippen LogP contribution in [0.4, 0.5) is 16.0 Å². The summed E-state index contributed by atoms with van der Waals surface area (Å²) in [6, 6.07) is 9.05. The van der Waals surface area contributed by atoms with Crippen LogP contribution in [0.5, 0.6) is 0 Å². The number of nitrogen functional groups attached to an aromatic ring is 2. The fourth-order valence-corrected chi connectivity index (χ4v) is 4.98. The molecule has 4 N–H and O–H groups in total. The van der Waals surface area contributed by atoms with E-state index in [1.165, 1.54) is 12.4 Å². The van der Waals surface area contributed by atoms with E-state index in [9.17, 15) is 4.39 Å². The number of aromatic nitrogens is 4. The number of benzene rings is 1. The van der Waals surface area contributed by atoms with Gasteiger partial charge in [-0.2, -0.15) is 0 Å². The first-order valence-corrected chi connectivity index (χ1v) is 11.2. The van der Waals surface area contributed by atoms with Crippen LogP contribution in [-0.2, 0) is 20.6 Å². The van der Waals surface area contributed by atoms with Crippen LogP contribution in [0.25, 0.3) is 21.9 Å². The molecule has 0 radical (unpaired) electrons. The number of rotatable bonds is 4. The molecule has 1 unspecified atom stereocenters. The number of aryl methyl sites for hydroxylation is 1. The van der Waals surface area contributed by atoms with Crippen molar-refractivity contribution in [1.82, 2.24) is 19.5 Å². The number of halogens is 1. The van der Waals surface area contributed by atoms with Crippen LogP contribution in [0.1, 0.15) is 32.1 Å². The van der Waals surface area contributed by atoms with Gasteiger partial charge in [0, 0.05) is 11.6 Å². The van der Waals surface area contributed by atoms with Crippen LogP contribution >= 0.6 is 0 Å². The Balaban J connectivity index is 1.27. The third-order valence-corrected chi connectivity index (χ3v) is 6.52. The van der Waals surface area contributed by atoms with Gasteiger partial charge in [0.25, 0.3) is 0 Å². The van der Waals surface area contributed by atoms with E-state index in [2.05, 4.69) is 15.0 Å². The van der Waals surface area contributed by atoms with Gasteiger partial charge in [0.1, 0.15) is 30.0 Å². The van der Waals surface area contributed by atoms with E-state index in [0.717, 1.165) is 17.4 Å². The second-order valence-electron chi connectivity index (χ2n) is 9.27. The molecule has 176 valence electrons. The zero-order chi connectivity index (χ0) is 23.6. The minimum absolute atomic E-state index is 0.100. The molecule has 9 nitrogen and oxygen atoms in total. The summed E-state index contributed by atoms with van der Waals surface area (Å²) >= 11 is 0. The summed E-state index contributed by atoms with van der Waals surface area (Å²) in [4.78, 5) is 12.6. The topological polar surface area (TPSA) is 123 Å². The fourth-order valence-electron chi connectivity index (χ4n) is 4.98. The van der Waals surface area contributed by atoms with Crippen molar-refractivity contribution < 1.29 is 18.6 Å². The molecule has 6 rings (SSSR count). The Morgan fingerprint density at radius 1 is 1.06 bits per heavy atom. The molecule has 4 atom stereocenters. The molecule has 5 heterocycles. The molecule has 2 aliphatic rings. The third-order valence-electron chi connectivity index (χ3n) is 6.52. The molecule has 0 amide bonds. The molecule has 10 heteroatoms. The van der Waals surface area contributed by atoms with E-state index in [0.29, 0.717) is 28.8 Å². The molecule has 0 spiro atoms. The number of nitrogens with two attached hydrogens (primary N) is 2. The van der Waals surface area contributed by atoms with Crippen LogP contribution in [-0.4, -0.2) is 43.6 Å². The number of nitrogens with zero attached hydrogens (tertiary/aromatic N) is 4. The lowest BCUT2D eigenvalue weighted by atomic mass is 10.0. The normalized spacial score (nSPS) is 25.9. The van der Waals surface area contributed by atoms with Gasteiger partial charge in [0.2, 0.25) is 0 Å². The van der Waals surface area contributed by atoms with Crippen LogP contribution in [0, 0.1) is 5.82 Å². The van der Waals surface area contributed by atoms with Crippen molar-refractivity contribution in [3.63, 3.8) is 0 Å². The predicted octanol–water partition coefficient (Wildman–Crippen LogP) is 3.33. The van der Waals surface area contributed by atoms with Gasteiger partial charge in [0.15, 0.2) is 23.7 Å². The molecule has 3 aromatic heterocycles. The minimum Gasteiger partial charge on any atom is -0.383 e. The SMILES string of the molecule is CC1(C)O[C@@H]2[C@@H](CCc3ccc4cc(F)c(N)nc4c3)OC(n3ccc4c(N)ncnc43)[C@@H]2O1. The van der Waals surface area contributed by atoms with Gasteiger partial charge in [-0.3, -0.25) is 0 Å². The van der Waals surface area contributed by atoms with Crippen LogP contribution in [0.15, 0.2) is 42.9 Å². The number of hydrogen-bond donors (Lipinski definition) is 2. The van der Waals surface area contributed by atoms with Crippen molar-refractivity contribution in [2.45, 2.75) is 57.0 Å². The van der Waals surface area contributed by atoms with Gasteiger partial charge in [0.05, 0.1) is 17.0 Å². The minimum atomic E-state index is -0.721. The summed E-state index contributed by atoms with van der Waals surface area (Å²) in [6.07, 6.45) is 3.62. The Bertz CT molecular complexity index is 1410. The first kappa shape index (κ1) is 21.2. The molecular formula is C24H25FN6O3. The van der Waals surface area contributed by atoms with E-state index in [4.69, 9.17) is 25.7 Å². The molecule has 0 saturated carbocycles. The average molecular weight is 465 g/mol.